The molecule has 25 heavy (non-hydrogen) atoms. The minimum absolute atomic E-state index is 0.0341. The summed E-state index contributed by atoms with van der Waals surface area (Å²) < 4.78 is 10.9. The number of aliphatic hydroxyl groups excluding tert-OH is 2. The van der Waals surface area contributed by atoms with E-state index in [1.807, 2.05) is 24.3 Å². The summed E-state index contributed by atoms with van der Waals surface area (Å²) in [7, 11) is 0. The molecule has 0 bridgehead atoms. The summed E-state index contributed by atoms with van der Waals surface area (Å²) in [5.41, 5.74) is 0.768. The van der Waals surface area contributed by atoms with Crippen LogP contribution in [-0.4, -0.2) is 45.3 Å². The maximum atomic E-state index is 11.9. The first-order valence-corrected chi connectivity index (χ1v) is 7.64. The van der Waals surface area contributed by atoms with E-state index >= 15 is 0 Å². The highest BCUT2D eigenvalue weighted by molar-refractivity contribution is 5.92. The van der Waals surface area contributed by atoms with Gasteiger partial charge in [-0.2, -0.15) is 0 Å². The van der Waals surface area contributed by atoms with E-state index in [1.54, 1.807) is 12.3 Å². The summed E-state index contributed by atoms with van der Waals surface area (Å²) in [6.07, 6.45) is 2.88. The van der Waals surface area contributed by atoms with Crippen LogP contribution in [-0.2, 0) is 6.61 Å². The molecule has 3 aromatic rings. The van der Waals surface area contributed by atoms with Crippen molar-refractivity contribution in [1.82, 2.24) is 15.3 Å². The number of carbonyl (C=O) groups is 1. The molecule has 0 aliphatic rings. The number of amides is 1. The van der Waals surface area contributed by atoms with Gasteiger partial charge in [0.1, 0.15) is 17.5 Å². The lowest BCUT2D eigenvalue weighted by Crippen LogP contribution is -2.40. The molecule has 0 aliphatic heterocycles. The zero-order chi connectivity index (χ0) is 17.6. The second-order valence-corrected chi connectivity index (χ2v) is 5.28. The predicted molar refractivity (Wildman–Crippen MR) is 88.0 cm³/mol. The molecule has 0 spiro atoms. The van der Waals surface area contributed by atoms with Gasteiger partial charge in [0, 0.05) is 11.6 Å². The lowest BCUT2D eigenvalue weighted by molar-refractivity contribution is 0.0874. The van der Waals surface area contributed by atoms with Crippen molar-refractivity contribution in [2.75, 3.05) is 13.2 Å². The van der Waals surface area contributed by atoms with Crippen LogP contribution in [0.4, 0.5) is 0 Å². The molecule has 0 unspecified atom stereocenters. The summed E-state index contributed by atoms with van der Waals surface area (Å²) in [5, 5.41) is 21.3. The van der Waals surface area contributed by atoms with Gasteiger partial charge in [0.05, 0.1) is 19.3 Å². The van der Waals surface area contributed by atoms with Crippen molar-refractivity contribution in [1.29, 1.82) is 0 Å². The first kappa shape index (κ1) is 16.9. The van der Waals surface area contributed by atoms with Crippen LogP contribution in [0.5, 0.6) is 5.75 Å². The average molecular weight is 343 g/mol. The van der Waals surface area contributed by atoms with Crippen molar-refractivity contribution < 1.29 is 24.2 Å². The molecule has 1 aromatic carbocycles. The van der Waals surface area contributed by atoms with Gasteiger partial charge >= 0.3 is 0 Å². The number of nitrogens with zero attached hydrogens (tertiary/aromatic N) is 2. The Balaban J connectivity index is 1.66. The smallest absolute Gasteiger partial charge is 0.273 e. The molecule has 0 radical (unpaired) electrons. The van der Waals surface area contributed by atoms with Crippen molar-refractivity contribution in [2.45, 2.75) is 12.6 Å². The molecule has 2 aromatic heterocycles. The number of aromatic nitrogens is 2. The molecule has 0 aliphatic carbocycles. The van der Waals surface area contributed by atoms with E-state index in [2.05, 4.69) is 15.3 Å². The number of ether oxygens (including phenoxy) is 1. The number of nitrogens with one attached hydrogen (secondary N) is 1. The fourth-order valence-electron chi connectivity index (χ4n) is 2.22. The molecule has 3 rings (SSSR count). The molecule has 8 nitrogen and oxygen atoms in total. The van der Waals surface area contributed by atoms with Gasteiger partial charge in [0.2, 0.25) is 5.89 Å². The third kappa shape index (κ3) is 3.93. The molecule has 1 amide bonds. The lowest BCUT2D eigenvalue weighted by atomic mass is 10.2. The van der Waals surface area contributed by atoms with E-state index in [9.17, 15) is 4.79 Å². The van der Waals surface area contributed by atoms with Crippen molar-refractivity contribution in [3.05, 3.63) is 54.4 Å². The normalized spacial score (nSPS) is 11.0. The number of carbonyl (C=O) groups excluding carboxylic acids is 1. The Morgan fingerprint density at radius 1 is 1.24 bits per heavy atom. The van der Waals surface area contributed by atoms with Gasteiger partial charge in [-0.1, -0.05) is 18.2 Å². The third-order valence-corrected chi connectivity index (χ3v) is 3.51. The second-order valence-electron chi connectivity index (χ2n) is 5.28. The van der Waals surface area contributed by atoms with E-state index in [0.717, 1.165) is 10.9 Å². The van der Waals surface area contributed by atoms with Crippen LogP contribution >= 0.6 is 0 Å². The number of hydrogen-bond acceptors (Lipinski definition) is 7. The highest BCUT2D eigenvalue weighted by Gasteiger charge is 2.16. The zero-order valence-corrected chi connectivity index (χ0v) is 13.3. The Bertz CT molecular complexity index is 855. The lowest BCUT2D eigenvalue weighted by Gasteiger charge is -2.11. The molecule has 2 heterocycles. The minimum atomic E-state index is -0.745. The maximum Gasteiger partial charge on any atom is 0.273 e. The zero-order valence-electron chi connectivity index (χ0n) is 13.3. The van der Waals surface area contributed by atoms with Crippen molar-refractivity contribution in [2.24, 2.45) is 0 Å². The first-order valence-electron chi connectivity index (χ1n) is 7.64. The van der Waals surface area contributed by atoms with E-state index < -0.39 is 11.9 Å². The summed E-state index contributed by atoms with van der Waals surface area (Å²) in [5.74, 6) is 0.264. The Labute approximate surface area is 143 Å². The highest BCUT2D eigenvalue weighted by atomic mass is 16.5. The SMILES string of the molecule is O=C(NC(CO)CO)c1coc(COc2cccc3cccnc23)n1. The Hall–Kier alpha value is -2.97. The molecular formula is C17H17N3O5. The highest BCUT2D eigenvalue weighted by Crippen LogP contribution is 2.23. The average Bonchev–Trinajstić information content (AvgIpc) is 3.13. The molecule has 0 atom stereocenters. The van der Waals surface area contributed by atoms with Gasteiger partial charge in [-0.25, -0.2) is 4.98 Å². The largest absolute Gasteiger partial charge is 0.482 e. The molecule has 0 saturated heterocycles. The monoisotopic (exact) mass is 343 g/mol. The first-order chi connectivity index (χ1) is 12.2. The summed E-state index contributed by atoms with van der Waals surface area (Å²) in [4.78, 5) is 20.3. The third-order valence-electron chi connectivity index (χ3n) is 3.51. The van der Waals surface area contributed by atoms with E-state index in [0.29, 0.717) is 5.75 Å². The van der Waals surface area contributed by atoms with Gasteiger partial charge in [-0.15, -0.1) is 0 Å². The Kier molecular flexibility index (Phi) is 5.22. The van der Waals surface area contributed by atoms with Crippen LogP contribution < -0.4 is 10.1 Å². The number of hydrogen-bond donors (Lipinski definition) is 3. The fraction of sp³-hybridized carbons (Fsp3) is 0.235. The standard InChI is InChI=1S/C17H17N3O5/c21-7-12(8-22)19-17(23)13-9-25-15(20-13)10-24-14-5-1-3-11-4-2-6-18-16(11)14/h1-6,9,12,21-22H,7-8,10H2,(H,19,23). The summed E-state index contributed by atoms with van der Waals surface area (Å²) in [6.45, 7) is -0.708. The molecule has 130 valence electrons. The van der Waals surface area contributed by atoms with E-state index in [4.69, 9.17) is 19.4 Å². The van der Waals surface area contributed by atoms with Gasteiger partial charge in [-0.05, 0) is 12.1 Å². The van der Waals surface area contributed by atoms with Crippen LogP contribution in [0.25, 0.3) is 10.9 Å². The molecule has 3 N–H and O–H groups in total. The Morgan fingerprint density at radius 3 is 2.84 bits per heavy atom. The molecular weight excluding hydrogens is 326 g/mol. The van der Waals surface area contributed by atoms with Crippen LogP contribution in [0.3, 0.4) is 0 Å². The number of pyridine rings is 1. The number of fused-ring (bicyclic) bond motifs is 1. The van der Waals surface area contributed by atoms with Crippen molar-refractivity contribution in [3.8, 4) is 5.75 Å². The quantitative estimate of drug-likeness (QED) is 0.583. The molecule has 0 saturated carbocycles. The number of oxazole rings is 1. The van der Waals surface area contributed by atoms with Crippen LogP contribution in [0.15, 0.2) is 47.2 Å². The second kappa shape index (κ2) is 7.73. The van der Waals surface area contributed by atoms with E-state index in [1.165, 1.54) is 6.26 Å². The van der Waals surface area contributed by atoms with Crippen molar-refractivity contribution >= 4 is 16.8 Å². The topological polar surface area (TPSA) is 118 Å². The van der Waals surface area contributed by atoms with Crippen LogP contribution in [0.2, 0.25) is 0 Å². The number of para-hydroxylation sites is 1. The maximum absolute atomic E-state index is 11.9. The van der Waals surface area contributed by atoms with Gasteiger partial charge in [0.25, 0.3) is 5.91 Å². The number of benzene rings is 1. The number of rotatable bonds is 7. The fourth-order valence-corrected chi connectivity index (χ4v) is 2.22. The van der Waals surface area contributed by atoms with Gasteiger partial charge in [-0.3, -0.25) is 9.78 Å². The van der Waals surface area contributed by atoms with Crippen LogP contribution in [0.1, 0.15) is 16.4 Å². The van der Waals surface area contributed by atoms with E-state index in [-0.39, 0.29) is 31.4 Å². The molecule has 0 fully saturated rings. The van der Waals surface area contributed by atoms with Crippen molar-refractivity contribution in [3.63, 3.8) is 0 Å². The number of aliphatic hydroxyl groups is 2. The molecule has 8 heteroatoms. The van der Waals surface area contributed by atoms with Gasteiger partial charge in [0.15, 0.2) is 12.3 Å². The minimum Gasteiger partial charge on any atom is -0.482 e. The Morgan fingerprint density at radius 2 is 2.04 bits per heavy atom. The van der Waals surface area contributed by atoms with Gasteiger partial charge < -0.3 is 24.7 Å². The summed E-state index contributed by atoms with van der Waals surface area (Å²) in [6, 6.07) is 8.61. The predicted octanol–water partition coefficient (Wildman–Crippen LogP) is 0.885. The summed E-state index contributed by atoms with van der Waals surface area (Å²) >= 11 is 0. The van der Waals surface area contributed by atoms with Crippen LogP contribution in [0, 0.1) is 0 Å².